The molecule has 0 bridgehead atoms. The zero-order valence-electron chi connectivity index (χ0n) is 16.9. The van der Waals surface area contributed by atoms with Crippen LogP contribution in [0.15, 0.2) is 29.1 Å². The molecule has 7 heteroatoms. The van der Waals surface area contributed by atoms with Crippen molar-refractivity contribution in [3.63, 3.8) is 0 Å². The molecule has 0 spiro atoms. The zero-order valence-corrected chi connectivity index (χ0v) is 16.9. The third-order valence-electron chi connectivity index (χ3n) is 5.47. The average Bonchev–Trinajstić information content (AvgIpc) is 2.97. The number of para-hydroxylation sites is 1. The lowest BCUT2D eigenvalue weighted by molar-refractivity contribution is -0.134. The van der Waals surface area contributed by atoms with Crippen LogP contribution in [0.1, 0.15) is 45.9 Å². The maximum Gasteiger partial charge on any atom is 0.352 e. The molecule has 1 saturated heterocycles. The highest BCUT2D eigenvalue weighted by Crippen LogP contribution is 2.22. The number of fused-ring (bicyclic) bond motifs is 3. The molecule has 1 amide bonds. The number of carbonyl (C=O) groups is 1. The first kappa shape index (κ1) is 18.7. The molecule has 0 N–H and O–H groups in total. The van der Waals surface area contributed by atoms with Gasteiger partial charge in [-0.25, -0.2) is 18.9 Å². The van der Waals surface area contributed by atoms with Crippen molar-refractivity contribution in [2.24, 2.45) is 11.8 Å². The number of rotatable bonds is 3. The minimum atomic E-state index is -0.302. The smallest absolute Gasteiger partial charge is 0.341 e. The predicted molar refractivity (Wildman–Crippen MR) is 108 cm³/mol. The van der Waals surface area contributed by atoms with Gasteiger partial charge in [-0.2, -0.15) is 0 Å². The fourth-order valence-electron chi connectivity index (χ4n) is 4.31. The van der Waals surface area contributed by atoms with Gasteiger partial charge in [-0.3, -0.25) is 4.79 Å². The maximum absolute atomic E-state index is 13.1. The fraction of sp³-hybridized carbons (Fsp3) is 0.524. The Morgan fingerprint density at radius 1 is 1.18 bits per heavy atom. The first-order valence-electron chi connectivity index (χ1n) is 10.0. The molecule has 1 fully saturated rings. The second-order valence-corrected chi connectivity index (χ2v) is 8.49. The predicted octanol–water partition coefficient (Wildman–Crippen LogP) is 2.67. The maximum atomic E-state index is 13.1. The monoisotopic (exact) mass is 381 g/mol. The molecule has 4 rings (SSSR count). The van der Waals surface area contributed by atoms with Crippen molar-refractivity contribution < 1.29 is 4.79 Å². The van der Waals surface area contributed by atoms with E-state index in [0.717, 1.165) is 30.4 Å². The summed E-state index contributed by atoms with van der Waals surface area (Å²) in [5.41, 5.74) is 1.07. The molecule has 28 heavy (non-hydrogen) atoms. The number of aromatic nitrogens is 4. The second kappa shape index (κ2) is 7.04. The van der Waals surface area contributed by atoms with Gasteiger partial charge < -0.3 is 4.90 Å². The van der Waals surface area contributed by atoms with Crippen LogP contribution in [0.2, 0.25) is 0 Å². The Morgan fingerprint density at radius 3 is 2.54 bits per heavy atom. The van der Waals surface area contributed by atoms with E-state index in [-0.39, 0.29) is 24.1 Å². The minimum Gasteiger partial charge on any atom is -0.341 e. The van der Waals surface area contributed by atoms with Gasteiger partial charge in [0.05, 0.1) is 5.52 Å². The van der Waals surface area contributed by atoms with Crippen molar-refractivity contribution in [2.75, 3.05) is 13.1 Å². The van der Waals surface area contributed by atoms with E-state index in [1.54, 1.807) is 4.40 Å². The largest absolute Gasteiger partial charge is 0.352 e. The van der Waals surface area contributed by atoms with E-state index in [1.807, 2.05) is 43.0 Å². The Bertz CT molecular complexity index is 1090. The van der Waals surface area contributed by atoms with Crippen LogP contribution < -0.4 is 5.69 Å². The van der Waals surface area contributed by atoms with Crippen LogP contribution in [-0.4, -0.2) is 43.1 Å². The third kappa shape index (κ3) is 3.19. The third-order valence-corrected chi connectivity index (χ3v) is 5.47. The van der Waals surface area contributed by atoms with Crippen molar-refractivity contribution in [1.82, 2.24) is 24.1 Å². The van der Waals surface area contributed by atoms with E-state index in [4.69, 9.17) is 0 Å². The van der Waals surface area contributed by atoms with Crippen molar-refractivity contribution in [1.29, 1.82) is 0 Å². The summed E-state index contributed by atoms with van der Waals surface area (Å²) in [7, 11) is 0. The van der Waals surface area contributed by atoms with Gasteiger partial charge in [0.2, 0.25) is 5.91 Å². The molecular formula is C21H27N5O2. The first-order valence-corrected chi connectivity index (χ1v) is 10.0. The molecule has 2 aromatic heterocycles. The number of nitrogens with zero attached hydrogens (tertiary/aromatic N) is 5. The quantitative estimate of drug-likeness (QED) is 0.699. The van der Waals surface area contributed by atoms with Gasteiger partial charge in [0.15, 0.2) is 5.65 Å². The van der Waals surface area contributed by atoms with Gasteiger partial charge in [-0.05, 0) is 30.4 Å². The van der Waals surface area contributed by atoms with Crippen molar-refractivity contribution in [2.45, 2.75) is 46.6 Å². The standard InChI is InChI=1S/C21H27N5O2/c1-13(2)19-22-17-8-6-5-7-16(17)20-23-25(21(28)26(19)20)12-18(27)24-10-14(3)9-15(4)11-24/h5-8,13-15H,9-12H2,1-4H3/t14-,15-/m1/s1. The van der Waals surface area contributed by atoms with Gasteiger partial charge in [-0.15, -0.1) is 5.10 Å². The van der Waals surface area contributed by atoms with Crippen LogP contribution in [0, 0.1) is 11.8 Å². The molecule has 7 nitrogen and oxygen atoms in total. The van der Waals surface area contributed by atoms with Crippen LogP contribution in [0.5, 0.6) is 0 Å². The summed E-state index contributed by atoms with van der Waals surface area (Å²) in [6.45, 7) is 9.79. The Balaban J connectivity index is 1.77. The molecule has 2 atom stereocenters. The van der Waals surface area contributed by atoms with Gasteiger partial charge in [0.25, 0.3) is 0 Å². The van der Waals surface area contributed by atoms with Crippen molar-refractivity contribution in [3.05, 3.63) is 40.6 Å². The lowest BCUT2D eigenvalue weighted by Crippen LogP contribution is -2.45. The highest BCUT2D eigenvalue weighted by atomic mass is 16.2. The Labute approximate surface area is 164 Å². The number of likely N-dealkylation sites (tertiary alicyclic amines) is 1. The number of carbonyl (C=O) groups excluding carboxylic acids is 1. The summed E-state index contributed by atoms with van der Waals surface area (Å²) in [6, 6.07) is 7.66. The normalized spacial score (nSPS) is 20.4. The molecular weight excluding hydrogens is 354 g/mol. The molecule has 148 valence electrons. The van der Waals surface area contributed by atoms with E-state index < -0.39 is 0 Å². The van der Waals surface area contributed by atoms with Crippen LogP contribution in [0.4, 0.5) is 0 Å². The Kier molecular flexibility index (Phi) is 4.69. The molecule has 0 radical (unpaired) electrons. The Morgan fingerprint density at radius 2 is 1.86 bits per heavy atom. The number of piperidine rings is 1. The zero-order chi connectivity index (χ0) is 20.0. The van der Waals surface area contributed by atoms with E-state index in [0.29, 0.717) is 23.3 Å². The van der Waals surface area contributed by atoms with Crippen LogP contribution in [0.25, 0.3) is 16.6 Å². The first-order chi connectivity index (χ1) is 13.3. The van der Waals surface area contributed by atoms with E-state index >= 15 is 0 Å². The van der Waals surface area contributed by atoms with Gasteiger partial charge in [-0.1, -0.05) is 39.8 Å². The summed E-state index contributed by atoms with van der Waals surface area (Å²) >= 11 is 0. The molecule has 0 unspecified atom stereocenters. The molecule has 0 aliphatic carbocycles. The van der Waals surface area contributed by atoms with Crippen LogP contribution >= 0.6 is 0 Å². The summed E-state index contributed by atoms with van der Waals surface area (Å²) in [4.78, 5) is 32.5. The summed E-state index contributed by atoms with van der Waals surface area (Å²) in [5, 5.41) is 5.35. The van der Waals surface area contributed by atoms with Gasteiger partial charge in [0, 0.05) is 24.4 Å². The van der Waals surface area contributed by atoms with Gasteiger partial charge in [0.1, 0.15) is 12.4 Å². The van der Waals surface area contributed by atoms with E-state index in [9.17, 15) is 9.59 Å². The van der Waals surface area contributed by atoms with Gasteiger partial charge >= 0.3 is 5.69 Å². The molecule has 3 aromatic rings. The van der Waals surface area contributed by atoms with Crippen molar-refractivity contribution >= 4 is 22.5 Å². The topological polar surface area (TPSA) is 72.5 Å². The highest BCUT2D eigenvalue weighted by molar-refractivity contribution is 5.91. The van der Waals surface area contributed by atoms with E-state index in [1.165, 1.54) is 4.68 Å². The lowest BCUT2D eigenvalue weighted by Gasteiger charge is -2.34. The molecule has 3 heterocycles. The minimum absolute atomic E-state index is 0.0359. The average molecular weight is 381 g/mol. The van der Waals surface area contributed by atoms with E-state index in [2.05, 4.69) is 23.9 Å². The number of amides is 1. The Hall–Kier alpha value is -2.70. The summed E-state index contributed by atoms with van der Waals surface area (Å²) < 4.78 is 2.85. The van der Waals surface area contributed by atoms with Crippen LogP contribution in [-0.2, 0) is 11.3 Å². The molecule has 1 aromatic carbocycles. The van der Waals surface area contributed by atoms with Crippen molar-refractivity contribution in [3.8, 4) is 0 Å². The molecule has 1 aliphatic heterocycles. The van der Waals surface area contributed by atoms with Crippen LogP contribution in [0.3, 0.4) is 0 Å². The highest BCUT2D eigenvalue weighted by Gasteiger charge is 2.27. The summed E-state index contributed by atoms with van der Waals surface area (Å²) in [5.74, 6) is 1.63. The number of hydrogen-bond donors (Lipinski definition) is 0. The summed E-state index contributed by atoms with van der Waals surface area (Å²) in [6.07, 6.45) is 1.13. The lowest BCUT2D eigenvalue weighted by atomic mass is 9.92. The number of hydrogen-bond acceptors (Lipinski definition) is 4. The number of benzene rings is 1. The fourth-order valence-corrected chi connectivity index (χ4v) is 4.31. The molecule has 1 aliphatic rings. The second-order valence-electron chi connectivity index (χ2n) is 8.49. The molecule has 0 saturated carbocycles. The SMILES string of the molecule is CC(C)c1nc2ccccc2c2nn(CC(=O)N3C[C@H](C)C[C@@H](C)C3)c(=O)n12.